The zero-order chi connectivity index (χ0) is 25.7. The summed E-state index contributed by atoms with van der Waals surface area (Å²) >= 11 is 2.02. The third-order valence-corrected chi connectivity index (χ3v) is 6.69. The number of hydrogen-bond acceptors (Lipinski definition) is 12. The quantitative estimate of drug-likeness (QED) is 0.140. The van der Waals surface area contributed by atoms with Crippen molar-refractivity contribution in [3.63, 3.8) is 0 Å². The number of aryl methyl sites for hydroxylation is 2. The van der Waals surface area contributed by atoms with E-state index in [1.807, 2.05) is 6.92 Å². The SMILES string of the molecule is CCC(O)CNC(=N)c1c(O)nsc1Nc1nc(C)c(C(=O)Nc2ncc(C(=O)OC)cc2C)s1. The molecule has 3 rings (SSSR count). The van der Waals surface area contributed by atoms with Crippen LogP contribution in [-0.4, -0.2) is 62.0 Å². The van der Waals surface area contributed by atoms with E-state index in [1.165, 1.54) is 13.3 Å². The summed E-state index contributed by atoms with van der Waals surface area (Å²) in [7, 11) is 1.28. The van der Waals surface area contributed by atoms with Gasteiger partial charge in [-0.25, -0.2) is 14.8 Å². The average molecular weight is 520 g/mol. The molecule has 0 radical (unpaired) electrons. The first-order valence-electron chi connectivity index (χ1n) is 10.4. The lowest BCUT2D eigenvalue weighted by molar-refractivity contribution is 0.0600. The maximum Gasteiger partial charge on any atom is 0.339 e. The Bertz CT molecular complexity index is 1260. The average Bonchev–Trinajstić information content (AvgIpc) is 3.39. The van der Waals surface area contributed by atoms with Crippen molar-refractivity contribution in [2.24, 2.45) is 0 Å². The van der Waals surface area contributed by atoms with Crippen LogP contribution in [0.4, 0.5) is 16.0 Å². The number of amidine groups is 1. The summed E-state index contributed by atoms with van der Waals surface area (Å²) in [6.45, 7) is 5.36. The van der Waals surface area contributed by atoms with Crippen molar-refractivity contribution in [1.82, 2.24) is 19.7 Å². The Hall–Kier alpha value is -3.62. The van der Waals surface area contributed by atoms with Crippen molar-refractivity contribution in [3.8, 4) is 5.88 Å². The molecular weight excluding hydrogens is 494 g/mol. The Morgan fingerprint density at radius 2 is 2.06 bits per heavy atom. The minimum atomic E-state index is -0.627. The van der Waals surface area contributed by atoms with Crippen molar-refractivity contribution < 1.29 is 24.5 Å². The van der Waals surface area contributed by atoms with Gasteiger partial charge in [0.25, 0.3) is 5.91 Å². The van der Waals surface area contributed by atoms with Crippen molar-refractivity contribution in [2.75, 3.05) is 24.3 Å². The number of aliphatic hydroxyl groups is 1. The van der Waals surface area contributed by atoms with Crippen LogP contribution in [0.2, 0.25) is 0 Å². The highest BCUT2D eigenvalue weighted by Gasteiger charge is 2.22. The Balaban J connectivity index is 1.75. The van der Waals surface area contributed by atoms with E-state index in [0.29, 0.717) is 38.5 Å². The first-order chi connectivity index (χ1) is 16.6. The fourth-order valence-corrected chi connectivity index (χ4v) is 4.53. The fourth-order valence-electron chi connectivity index (χ4n) is 2.90. The number of aromatic hydroxyl groups is 1. The first kappa shape index (κ1) is 26.0. The molecule has 35 heavy (non-hydrogen) atoms. The topological polar surface area (TPSA) is 182 Å². The summed E-state index contributed by atoms with van der Waals surface area (Å²) in [5.41, 5.74) is 1.47. The number of methoxy groups -OCH3 is 1. The summed E-state index contributed by atoms with van der Waals surface area (Å²) in [5.74, 6) is -1.08. The summed E-state index contributed by atoms with van der Waals surface area (Å²) in [6, 6.07) is 1.57. The molecule has 1 unspecified atom stereocenters. The normalized spacial score (nSPS) is 11.6. The smallest absolute Gasteiger partial charge is 0.339 e. The Kier molecular flexibility index (Phi) is 8.32. The standard InChI is InChI=1S/C21H25N7O5S2/c1-5-12(29)8-23-15(22)13-17(30)28-35-19(13)27-21-25-10(3)14(34-21)18(31)26-16-9(2)6-11(7-24-16)20(32)33-4/h6-7,12,29H,5,8H2,1-4H3,(H2,22,23)(H,25,27)(H,28,30)(H,24,26,31). The van der Waals surface area contributed by atoms with Gasteiger partial charge in [0.2, 0.25) is 5.88 Å². The number of thiazole rings is 1. The maximum atomic E-state index is 12.9. The minimum absolute atomic E-state index is 0.102. The highest BCUT2D eigenvalue weighted by Crippen LogP contribution is 2.34. The molecule has 1 amide bonds. The number of carbonyl (C=O) groups excluding carboxylic acids is 2. The number of anilines is 3. The molecule has 3 aromatic rings. The predicted octanol–water partition coefficient (Wildman–Crippen LogP) is 2.79. The van der Waals surface area contributed by atoms with E-state index in [0.717, 1.165) is 22.9 Å². The number of aromatic nitrogens is 3. The number of carbonyl (C=O) groups is 2. The monoisotopic (exact) mass is 519 g/mol. The number of nitrogens with zero attached hydrogens (tertiary/aromatic N) is 3. The van der Waals surface area contributed by atoms with Gasteiger partial charge in [-0.1, -0.05) is 18.3 Å². The summed E-state index contributed by atoms with van der Waals surface area (Å²) in [4.78, 5) is 33.4. The molecule has 3 aromatic heterocycles. The van der Waals surface area contributed by atoms with Crippen molar-refractivity contribution >= 4 is 56.5 Å². The lowest BCUT2D eigenvalue weighted by Gasteiger charge is -2.12. The zero-order valence-corrected chi connectivity index (χ0v) is 21.1. The molecule has 3 heterocycles. The number of nitrogens with one attached hydrogen (secondary N) is 4. The van der Waals surface area contributed by atoms with Gasteiger partial charge in [0.1, 0.15) is 27.1 Å². The first-order valence-corrected chi connectivity index (χ1v) is 12.0. The Labute approximate surface area is 209 Å². The van der Waals surface area contributed by atoms with E-state index in [-0.39, 0.29) is 29.4 Å². The second kappa shape index (κ2) is 11.2. The van der Waals surface area contributed by atoms with Crippen molar-refractivity contribution in [3.05, 3.63) is 39.5 Å². The highest BCUT2D eigenvalue weighted by atomic mass is 32.1. The van der Waals surface area contributed by atoms with Crippen LogP contribution in [0.3, 0.4) is 0 Å². The number of pyridine rings is 1. The van der Waals surface area contributed by atoms with Crippen LogP contribution >= 0.6 is 22.9 Å². The predicted molar refractivity (Wildman–Crippen MR) is 133 cm³/mol. The minimum Gasteiger partial charge on any atom is -0.492 e. The zero-order valence-electron chi connectivity index (χ0n) is 19.4. The molecule has 0 fully saturated rings. The Morgan fingerprint density at radius 1 is 1.31 bits per heavy atom. The number of ether oxygens (including phenoxy) is 1. The number of esters is 1. The van der Waals surface area contributed by atoms with Gasteiger partial charge < -0.3 is 30.9 Å². The Morgan fingerprint density at radius 3 is 2.71 bits per heavy atom. The molecule has 12 nitrogen and oxygen atoms in total. The van der Waals surface area contributed by atoms with Gasteiger partial charge >= 0.3 is 5.97 Å². The molecular formula is C21H25N7O5S2. The molecule has 0 aliphatic carbocycles. The molecule has 0 saturated carbocycles. The molecule has 14 heteroatoms. The number of aliphatic hydroxyl groups excluding tert-OH is 1. The van der Waals surface area contributed by atoms with E-state index < -0.39 is 18.0 Å². The van der Waals surface area contributed by atoms with Crippen LogP contribution in [0.25, 0.3) is 0 Å². The summed E-state index contributed by atoms with van der Waals surface area (Å²) in [5, 5.41) is 37.2. The van der Waals surface area contributed by atoms with Crippen LogP contribution in [0, 0.1) is 19.3 Å². The van der Waals surface area contributed by atoms with Gasteiger partial charge in [0.05, 0.1) is 24.5 Å². The van der Waals surface area contributed by atoms with Gasteiger partial charge in [-0.15, -0.1) is 0 Å². The third-order valence-electron chi connectivity index (χ3n) is 4.86. The molecule has 0 aromatic carbocycles. The third kappa shape index (κ3) is 6.09. The lowest BCUT2D eigenvalue weighted by atomic mass is 10.2. The van der Waals surface area contributed by atoms with Gasteiger partial charge in [-0.2, -0.15) is 4.37 Å². The molecule has 0 saturated heterocycles. The molecule has 0 spiro atoms. The van der Waals surface area contributed by atoms with Crippen LogP contribution in [-0.2, 0) is 4.74 Å². The molecule has 1 atom stereocenters. The van der Waals surface area contributed by atoms with Gasteiger partial charge in [-0.3, -0.25) is 10.2 Å². The van der Waals surface area contributed by atoms with E-state index in [2.05, 4.69) is 35.0 Å². The van der Waals surface area contributed by atoms with Gasteiger partial charge in [-0.05, 0) is 43.4 Å². The van der Waals surface area contributed by atoms with Crippen LogP contribution in [0.5, 0.6) is 5.88 Å². The van der Waals surface area contributed by atoms with Crippen molar-refractivity contribution in [1.29, 1.82) is 5.41 Å². The van der Waals surface area contributed by atoms with E-state index in [9.17, 15) is 19.8 Å². The second-order valence-electron chi connectivity index (χ2n) is 7.42. The molecule has 6 N–H and O–H groups in total. The molecule has 0 aliphatic heterocycles. The largest absolute Gasteiger partial charge is 0.492 e. The van der Waals surface area contributed by atoms with E-state index >= 15 is 0 Å². The van der Waals surface area contributed by atoms with E-state index in [4.69, 9.17) is 5.41 Å². The number of amides is 1. The van der Waals surface area contributed by atoms with Gasteiger partial charge in [0, 0.05) is 12.7 Å². The molecule has 0 bridgehead atoms. The van der Waals surface area contributed by atoms with Crippen LogP contribution < -0.4 is 16.0 Å². The van der Waals surface area contributed by atoms with E-state index in [1.54, 1.807) is 19.9 Å². The van der Waals surface area contributed by atoms with Crippen LogP contribution in [0.15, 0.2) is 12.3 Å². The second-order valence-corrected chi connectivity index (χ2v) is 9.19. The fraction of sp³-hybridized carbons (Fsp3) is 0.333. The maximum absolute atomic E-state index is 12.9. The van der Waals surface area contributed by atoms with Crippen molar-refractivity contribution in [2.45, 2.75) is 33.3 Å². The molecule has 186 valence electrons. The lowest BCUT2D eigenvalue weighted by Crippen LogP contribution is -2.31. The number of rotatable bonds is 9. The van der Waals surface area contributed by atoms with Crippen LogP contribution in [0.1, 0.15) is 50.2 Å². The summed E-state index contributed by atoms with van der Waals surface area (Å²) < 4.78 is 8.56. The molecule has 0 aliphatic rings. The number of hydrogen-bond donors (Lipinski definition) is 6. The highest BCUT2D eigenvalue weighted by molar-refractivity contribution is 7.18. The van der Waals surface area contributed by atoms with Gasteiger partial charge in [0.15, 0.2) is 5.13 Å². The summed E-state index contributed by atoms with van der Waals surface area (Å²) in [6.07, 6.45) is 1.21.